The van der Waals surface area contributed by atoms with Gasteiger partial charge in [-0.1, -0.05) is 0 Å². The van der Waals surface area contributed by atoms with Crippen LogP contribution in [0.4, 0.5) is 0 Å². The second kappa shape index (κ2) is 6.53. The molecule has 2 rings (SSSR count). The van der Waals surface area contributed by atoms with Gasteiger partial charge in [0.1, 0.15) is 6.04 Å². The van der Waals surface area contributed by atoms with Crippen LogP contribution in [0.5, 0.6) is 0 Å². The summed E-state index contributed by atoms with van der Waals surface area (Å²) >= 11 is 1.57. The minimum absolute atomic E-state index is 0.00739. The van der Waals surface area contributed by atoms with Crippen LogP contribution in [-0.2, 0) is 19.4 Å². The lowest BCUT2D eigenvalue weighted by Gasteiger charge is -2.34. The number of carbonyl (C=O) groups excluding carboxylic acids is 1. The highest BCUT2D eigenvalue weighted by Crippen LogP contribution is 2.19. The van der Waals surface area contributed by atoms with Gasteiger partial charge in [-0.2, -0.15) is 11.8 Å². The smallest absolute Gasteiger partial charge is 0.321 e. The summed E-state index contributed by atoms with van der Waals surface area (Å²) in [5.41, 5.74) is 0. The van der Waals surface area contributed by atoms with Crippen LogP contribution in [0.2, 0.25) is 0 Å². The monoisotopic (exact) mass is 336 g/mol. The maximum Gasteiger partial charge on any atom is 0.321 e. The molecule has 0 radical (unpaired) electrons. The number of carboxylic acid groups (broad SMARTS) is 1. The van der Waals surface area contributed by atoms with Crippen LogP contribution in [0.3, 0.4) is 0 Å². The first-order chi connectivity index (χ1) is 9.80. The topological polar surface area (TPSA) is 95.0 Å². The van der Waals surface area contributed by atoms with E-state index in [1.807, 2.05) is 0 Å². The van der Waals surface area contributed by atoms with E-state index in [0.29, 0.717) is 18.7 Å². The minimum Gasteiger partial charge on any atom is -0.480 e. The zero-order chi connectivity index (χ0) is 15.6. The Kier molecular flexibility index (Phi) is 5.15. The first-order valence-electron chi connectivity index (χ1n) is 6.81. The van der Waals surface area contributed by atoms with Gasteiger partial charge in [-0.15, -0.1) is 0 Å². The molecule has 0 aliphatic carbocycles. The standard InChI is InChI=1S/C12H20N2O5S2/c1-13(9-2-5-21(18,19)8-9)11(15)6-14-3-4-20-7-10(14)12(16)17/h9-10H,2-8H2,1H3,(H,16,17). The number of rotatable bonds is 4. The van der Waals surface area contributed by atoms with Crippen LogP contribution in [0, 0.1) is 0 Å². The van der Waals surface area contributed by atoms with E-state index in [1.54, 1.807) is 23.7 Å². The number of thioether (sulfide) groups is 1. The highest BCUT2D eigenvalue weighted by molar-refractivity contribution is 7.99. The lowest BCUT2D eigenvalue weighted by atomic mass is 10.2. The first kappa shape index (κ1) is 16.6. The van der Waals surface area contributed by atoms with E-state index < -0.39 is 21.8 Å². The third-order valence-electron chi connectivity index (χ3n) is 4.01. The number of hydrogen-bond acceptors (Lipinski definition) is 6. The molecule has 120 valence electrons. The summed E-state index contributed by atoms with van der Waals surface area (Å²) in [7, 11) is -1.44. The number of amides is 1. The van der Waals surface area contributed by atoms with E-state index in [2.05, 4.69) is 0 Å². The van der Waals surface area contributed by atoms with Crippen molar-refractivity contribution in [1.82, 2.24) is 9.80 Å². The van der Waals surface area contributed by atoms with Crippen LogP contribution < -0.4 is 0 Å². The van der Waals surface area contributed by atoms with E-state index in [4.69, 9.17) is 0 Å². The van der Waals surface area contributed by atoms with Crippen molar-refractivity contribution in [2.75, 3.05) is 43.1 Å². The summed E-state index contributed by atoms with van der Waals surface area (Å²) in [6.07, 6.45) is 0.461. The Morgan fingerprint density at radius 1 is 1.43 bits per heavy atom. The largest absolute Gasteiger partial charge is 0.480 e. The van der Waals surface area contributed by atoms with E-state index >= 15 is 0 Å². The molecule has 0 aromatic carbocycles. The fourth-order valence-electron chi connectivity index (χ4n) is 2.62. The average Bonchev–Trinajstić information content (AvgIpc) is 2.78. The van der Waals surface area contributed by atoms with Gasteiger partial charge in [-0.05, 0) is 6.42 Å². The molecule has 0 aromatic rings. The number of sulfone groups is 1. The van der Waals surface area contributed by atoms with Crippen LogP contribution in [0.15, 0.2) is 0 Å². The van der Waals surface area contributed by atoms with Crippen LogP contribution in [-0.4, -0.2) is 90.4 Å². The van der Waals surface area contributed by atoms with Gasteiger partial charge in [0.15, 0.2) is 9.84 Å². The molecular formula is C12H20N2O5S2. The van der Waals surface area contributed by atoms with Gasteiger partial charge in [0.25, 0.3) is 0 Å². The van der Waals surface area contributed by atoms with Gasteiger partial charge in [0.2, 0.25) is 5.91 Å². The Hall–Kier alpha value is -0.800. The first-order valence-corrected chi connectivity index (χ1v) is 9.78. The van der Waals surface area contributed by atoms with Gasteiger partial charge in [-0.3, -0.25) is 14.5 Å². The normalized spacial score (nSPS) is 29.2. The fraction of sp³-hybridized carbons (Fsp3) is 0.833. The number of carbonyl (C=O) groups is 2. The van der Waals surface area contributed by atoms with Crippen molar-refractivity contribution in [2.24, 2.45) is 0 Å². The zero-order valence-corrected chi connectivity index (χ0v) is 13.5. The number of likely N-dealkylation sites (N-methyl/N-ethyl adjacent to an activating group) is 1. The van der Waals surface area contributed by atoms with Gasteiger partial charge >= 0.3 is 5.97 Å². The van der Waals surface area contributed by atoms with Crippen molar-refractivity contribution in [3.63, 3.8) is 0 Å². The predicted octanol–water partition coefficient (Wildman–Crippen LogP) is -0.866. The van der Waals surface area contributed by atoms with Crippen LogP contribution in [0.1, 0.15) is 6.42 Å². The average molecular weight is 336 g/mol. The molecule has 2 saturated heterocycles. The van der Waals surface area contributed by atoms with Crippen molar-refractivity contribution in [2.45, 2.75) is 18.5 Å². The Bertz CT molecular complexity index is 522. The Balaban J connectivity index is 1.95. The zero-order valence-electron chi connectivity index (χ0n) is 11.9. The molecule has 0 bridgehead atoms. The van der Waals surface area contributed by atoms with Gasteiger partial charge in [0.05, 0.1) is 18.1 Å². The molecule has 2 heterocycles. The van der Waals surface area contributed by atoms with Crippen molar-refractivity contribution in [1.29, 1.82) is 0 Å². The number of hydrogen-bond donors (Lipinski definition) is 1. The molecule has 21 heavy (non-hydrogen) atoms. The van der Waals surface area contributed by atoms with Gasteiger partial charge < -0.3 is 10.0 Å². The van der Waals surface area contributed by atoms with Crippen LogP contribution in [0.25, 0.3) is 0 Å². The summed E-state index contributed by atoms with van der Waals surface area (Å²) < 4.78 is 22.9. The van der Waals surface area contributed by atoms with Crippen molar-refractivity contribution >= 4 is 33.5 Å². The van der Waals surface area contributed by atoms with Gasteiger partial charge in [-0.25, -0.2) is 8.42 Å². The molecule has 2 aliphatic rings. The summed E-state index contributed by atoms with van der Waals surface area (Å²) in [4.78, 5) is 26.6. The van der Waals surface area contributed by atoms with Gasteiger partial charge in [0, 0.05) is 31.1 Å². The Morgan fingerprint density at radius 3 is 2.71 bits per heavy atom. The fourth-order valence-corrected chi connectivity index (χ4v) is 5.51. The van der Waals surface area contributed by atoms with Crippen molar-refractivity contribution < 1.29 is 23.1 Å². The maximum atomic E-state index is 12.3. The maximum absolute atomic E-state index is 12.3. The molecular weight excluding hydrogens is 316 g/mol. The van der Waals surface area contributed by atoms with Crippen LogP contribution >= 0.6 is 11.8 Å². The third kappa shape index (κ3) is 4.10. The van der Waals surface area contributed by atoms with E-state index in [-0.39, 0.29) is 30.0 Å². The van der Waals surface area contributed by atoms with Crippen molar-refractivity contribution in [3.8, 4) is 0 Å². The Morgan fingerprint density at radius 2 is 2.14 bits per heavy atom. The summed E-state index contributed by atoms with van der Waals surface area (Å²) in [5, 5.41) is 9.18. The molecule has 2 atom stereocenters. The SMILES string of the molecule is CN(C(=O)CN1CCSCC1C(=O)O)C1CCS(=O)(=O)C1. The predicted molar refractivity (Wildman–Crippen MR) is 80.2 cm³/mol. The second-order valence-corrected chi connectivity index (χ2v) is 8.84. The molecule has 2 fully saturated rings. The quantitative estimate of drug-likeness (QED) is 0.713. The van der Waals surface area contributed by atoms with E-state index in [1.165, 1.54) is 4.90 Å². The number of carboxylic acids is 1. The third-order valence-corrected chi connectivity index (χ3v) is 6.79. The second-order valence-electron chi connectivity index (χ2n) is 5.46. The highest BCUT2D eigenvalue weighted by atomic mass is 32.2. The lowest BCUT2D eigenvalue weighted by Crippen LogP contribution is -2.52. The molecule has 7 nitrogen and oxygen atoms in total. The number of nitrogens with zero attached hydrogens (tertiary/aromatic N) is 2. The number of aliphatic carboxylic acids is 1. The summed E-state index contributed by atoms with van der Waals surface area (Å²) in [6, 6.07) is -0.932. The lowest BCUT2D eigenvalue weighted by molar-refractivity contribution is -0.144. The molecule has 2 aliphatic heterocycles. The highest BCUT2D eigenvalue weighted by Gasteiger charge is 2.35. The van der Waals surface area contributed by atoms with E-state index in [9.17, 15) is 23.1 Å². The molecule has 1 N–H and O–H groups in total. The minimum atomic E-state index is -3.04. The molecule has 0 saturated carbocycles. The molecule has 2 unspecified atom stereocenters. The van der Waals surface area contributed by atoms with E-state index in [0.717, 1.165) is 5.75 Å². The summed E-state index contributed by atoms with van der Waals surface area (Å²) in [6.45, 7) is 0.592. The molecule has 0 aromatic heterocycles. The Labute approximate surface area is 128 Å². The molecule has 1 amide bonds. The summed E-state index contributed by atoms with van der Waals surface area (Å²) in [5.74, 6) is 0.278. The van der Waals surface area contributed by atoms with Crippen molar-refractivity contribution in [3.05, 3.63) is 0 Å². The molecule has 9 heteroatoms. The molecule has 0 spiro atoms.